The van der Waals surface area contributed by atoms with Crippen molar-refractivity contribution in [1.29, 1.82) is 0 Å². The molecule has 0 spiro atoms. The fraction of sp³-hybridized carbons (Fsp3) is 0.250. The van der Waals surface area contributed by atoms with Crippen molar-refractivity contribution in [1.82, 2.24) is 14.8 Å². The topological polar surface area (TPSA) is 87.5 Å². The number of hydrogen-bond acceptors (Lipinski definition) is 7. The average molecular weight is 449 g/mol. The minimum absolute atomic E-state index is 0.139. The predicted molar refractivity (Wildman–Crippen MR) is 116 cm³/mol. The van der Waals surface area contributed by atoms with Crippen molar-refractivity contribution in [3.8, 4) is 17.2 Å². The average Bonchev–Trinajstić information content (AvgIpc) is 3.11. The lowest BCUT2D eigenvalue weighted by molar-refractivity contribution is -0.113. The molecule has 0 radical (unpaired) electrons. The van der Waals surface area contributed by atoms with E-state index in [9.17, 15) is 4.79 Å². The molecule has 158 valence electrons. The van der Waals surface area contributed by atoms with Crippen LogP contribution in [0.5, 0.6) is 17.2 Å². The van der Waals surface area contributed by atoms with Gasteiger partial charge in [-0.25, -0.2) is 0 Å². The third kappa shape index (κ3) is 5.37. The van der Waals surface area contributed by atoms with Gasteiger partial charge in [-0.1, -0.05) is 41.6 Å². The number of aromatic nitrogens is 3. The quantitative estimate of drug-likeness (QED) is 0.498. The SMILES string of the molecule is COc1cc(NC(=O)CSc2nnc(COc3ccccc3)n2C)c(OC)cc1Cl. The van der Waals surface area contributed by atoms with Crippen LogP contribution < -0.4 is 19.5 Å². The molecule has 0 aliphatic heterocycles. The van der Waals surface area contributed by atoms with E-state index in [0.717, 1.165) is 5.75 Å². The molecule has 0 aliphatic carbocycles. The predicted octanol–water partition coefficient (Wildman–Crippen LogP) is 3.80. The Morgan fingerprint density at radius 3 is 2.57 bits per heavy atom. The number of nitrogens with one attached hydrogen (secondary N) is 1. The Morgan fingerprint density at radius 1 is 1.13 bits per heavy atom. The van der Waals surface area contributed by atoms with E-state index >= 15 is 0 Å². The first-order valence-corrected chi connectivity index (χ1v) is 10.3. The Bertz CT molecular complexity index is 1010. The van der Waals surface area contributed by atoms with Gasteiger partial charge in [0.1, 0.15) is 23.9 Å². The van der Waals surface area contributed by atoms with Crippen molar-refractivity contribution in [2.45, 2.75) is 11.8 Å². The van der Waals surface area contributed by atoms with E-state index < -0.39 is 0 Å². The number of methoxy groups -OCH3 is 2. The van der Waals surface area contributed by atoms with Gasteiger partial charge in [-0.15, -0.1) is 10.2 Å². The number of anilines is 1. The summed E-state index contributed by atoms with van der Waals surface area (Å²) in [7, 11) is 4.83. The van der Waals surface area contributed by atoms with Gasteiger partial charge in [-0.2, -0.15) is 0 Å². The zero-order chi connectivity index (χ0) is 21.5. The van der Waals surface area contributed by atoms with Gasteiger partial charge in [-0.05, 0) is 12.1 Å². The molecular formula is C20H21ClN4O4S. The number of nitrogens with zero attached hydrogens (tertiary/aromatic N) is 3. The van der Waals surface area contributed by atoms with Crippen LogP contribution in [0.4, 0.5) is 5.69 Å². The third-order valence-electron chi connectivity index (χ3n) is 4.12. The molecule has 0 atom stereocenters. The van der Waals surface area contributed by atoms with Crippen LogP contribution in [-0.2, 0) is 18.4 Å². The molecule has 8 nitrogen and oxygen atoms in total. The van der Waals surface area contributed by atoms with E-state index in [1.165, 1.54) is 26.0 Å². The highest BCUT2D eigenvalue weighted by Crippen LogP contribution is 2.36. The van der Waals surface area contributed by atoms with Crippen LogP contribution in [0.25, 0.3) is 0 Å². The van der Waals surface area contributed by atoms with Gasteiger partial charge in [0.05, 0.1) is 30.7 Å². The summed E-state index contributed by atoms with van der Waals surface area (Å²) in [6.45, 7) is 0.280. The minimum Gasteiger partial charge on any atom is -0.495 e. The molecular weight excluding hydrogens is 428 g/mol. The normalized spacial score (nSPS) is 10.5. The summed E-state index contributed by atoms with van der Waals surface area (Å²) in [6.07, 6.45) is 0. The first-order valence-electron chi connectivity index (χ1n) is 8.92. The molecule has 3 aromatic rings. The zero-order valence-electron chi connectivity index (χ0n) is 16.7. The maximum absolute atomic E-state index is 12.4. The summed E-state index contributed by atoms with van der Waals surface area (Å²) < 4.78 is 18.0. The second kappa shape index (κ2) is 10.2. The van der Waals surface area contributed by atoms with Crippen molar-refractivity contribution in [2.24, 2.45) is 7.05 Å². The van der Waals surface area contributed by atoms with Crippen LogP contribution in [0, 0.1) is 0 Å². The fourth-order valence-electron chi connectivity index (χ4n) is 2.54. The number of amides is 1. The van der Waals surface area contributed by atoms with Gasteiger partial charge in [0.25, 0.3) is 0 Å². The Balaban J connectivity index is 1.58. The number of rotatable bonds is 9. The minimum atomic E-state index is -0.229. The highest BCUT2D eigenvalue weighted by molar-refractivity contribution is 7.99. The monoisotopic (exact) mass is 448 g/mol. The highest BCUT2D eigenvalue weighted by atomic mass is 35.5. The highest BCUT2D eigenvalue weighted by Gasteiger charge is 2.15. The smallest absolute Gasteiger partial charge is 0.234 e. The zero-order valence-corrected chi connectivity index (χ0v) is 18.3. The molecule has 10 heteroatoms. The van der Waals surface area contributed by atoms with Gasteiger partial charge in [0, 0.05) is 19.2 Å². The van der Waals surface area contributed by atoms with E-state index in [-0.39, 0.29) is 18.3 Å². The summed E-state index contributed by atoms with van der Waals surface area (Å²) in [6, 6.07) is 12.7. The molecule has 0 bridgehead atoms. The van der Waals surface area contributed by atoms with E-state index in [1.807, 2.05) is 37.4 Å². The molecule has 1 aromatic heterocycles. The van der Waals surface area contributed by atoms with Crippen molar-refractivity contribution >= 4 is 35.0 Å². The maximum Gasteiger partial charge on any atom is 0.234 e. The molecule has 30 heavy (non-hydrogen) atoms. The van der Waals surface area contributed by atoms with Crippen LogP contribution in [0.3, 0.4) is 0 Å². The largest absolute Gasteiger partial charge is 0.495 e. The number of hydrogen-bond donors (Lipinski definition) is 1. The number of halogens is 1. The second-order valence-electron chi connectivity index (χ2n) is 6.08. The molecule has 3 rings (SSSR count). The van der Waals surface area contributed by atoms with E-state index in [2.05, 4.69) is 15.5 Å². The van der Waals surface area contributed by atoms with Crippen molar-refractivity contribution in [3.05, 3.63) is 53.3 Å². The Hall–Kier alpha value is -2.91. The molecule has 0 aliphatic rings. The Kier molecular flexibility index (Phi) is 7.42. The summed E-state index contributed by atoms with van der Waals surface area (Å²) >= 11 is 7.36. The lowest BCUT2D eigenvalue weighted by Crippen LogP contribution is -2.15. The van der Waals surface area contributed by atoms with E-state index in [4.69, 9.17) is 25.8 Å². The molecule has 0 unspecified atom stereocenters. The van der Waals surface area contributed by atoms with Gasteiger partial charge < -0.3 is 24.1 Å². The molecule has 0 saturated carbocycles. The lowest BCUT2D eigenvalue weighted by atomic mass is 10.2. The van der Waals surface area contributed by atoms with Crippen LogP contribution in [0.2, 0.25) is 5.02 Å². The van der Waals surface area contributed by atoms with Crippen molar-refractivity contribution < 1.29 is 19.0 Å². The summed E-state index contributed by atoms with van der Waals surface area (Å²) in [5.41, 5.74) is 0.472. The van der Waals surface area contributed by atoms with Gasteiger partial charge >= 0.3 is 0 Å². The van der Waals surface area contributed by atoms with Crippen molar-refractivity contribution in [2.75, 3.05) is 25.3 Å². The number of benzene rings is 2. The van der Waals surface area contributed by atoms with Crippen molar-refractivity contribution in [3.63, 3.8) is 0 Å². The molecule has 1 N–H and O–H groups in total. The first kappa shape index (κ1) is 21.8. The lowest BCUT2D eigenvalue weighted by Gasteiger charge is -2.13. The summed E-state index contributed by atoms with van der Waals surface area (Å²) in [5, 5.41) is 12.1. The number of carbonyl (C=O) groups is 1. The Labute approximate surface area is 183 Å². The maximum atomic E-state index is 12.4. The van der Waals surface area contributed by atoms with Crippen LogP contribution >= 0.6 is 23.4 Å². The van der Waals surface area contributed by atoms with Gasteiger partial charge in [-0.3, -0.25) is 4.79 Å². The molecule has 0 fully saturated rings. The van der Waals surface area contributed by atoms with E-state index in [0.29, 0.717) is 33.2 Å². The van der Waals surface area contributed by atoms with Gasteiger partial charge in [0.15, 0.2) is 11.0 Å². The summed E-state index contributed by atoms with van der Waals surface area (Å²) in [4.78, 5) is 12.4. The molecule has 2 aromatic carbocycles. The standard InChI is InChI=1S/C20H21ClN4O4S/c1-25-18(11-29-13-7-5-4-6-8-13)23-24-20(25)30-12-19(26)22-15-10-16(27-2)14(21)9-17(15)28-3/h4-10H,11-12H2,1-3H3,(H,22,26). The van der Waals surface area contributed by atoms with Crippen LogP contribution in [0.15, 0.2) is 47.6 Å². The Morgan fingerprint density at radius 2 is 1.87 bits per heavy atom. The van der Waals surface area contributed by atoms with Crippen LogP contribution in [0.1, 0.15) is 5.82 Å². The third-order valence-corrected chi connectivity index (χ3v) is 5.43. The fourth-order valence-corrected chi connectivity index (χ4v) is 3.50. The molecule has 1 heterocycles. The number of ether oxygens (including phenoxy) is 3. The first-order chi connectivity index (χ1) is 14.5. The van der Waals surface area contributed by atoms with Gasteiger partial charge in [0.2, 0.25) is 5.91 Å². The summed E-state index contributed by atoms with van der Waals surface area (Å²) in [5.74, 6) is 2.20. The molecule has 1 amide bonds. The van der Waals surface area contributed by atoms with E-state index in [1.54, 1.807) is 16.7 Å². The number of para-hydroxylation sites is 1. The number of carbonyl (C=O) groups excluding carboxylic acids is 1. The number of thioether (sulfide) groups is 1. The molecule has 0 saturated heterocycles. The second-order valence-corrected chi connectivity index (χ2v) is 7.43. The van der Waals surface area contributed by atoms with Crippen LogP contribution in [-0.4, -0.2) is 40.6 Å².